The molecule has 1 heterocycles. The van der Waals surface area contributed by atoms with Gasteiger partial charge in [-0.1, -0.05) is 12.1 Å². The van der Waals surface area contributed by atoms with Crippen molar-refractivity contribution in [2.45, 2.75) is 5.03 Å². The van der Waals surface area contributed by atoms with Crippen molar-refractivity contribution in [1.29, 1.82) is 0 Å². The maximum absolute atomic E-state index is 11.8. The Morgan fingerprint density at radius 2 is 2.05 bits per heavy atom. The summed E-state index contributed by atoms with van der Waals surface area (Å²) in [5, 5.41) is 0.865. The number of esters is 1. The van der Waals surface area contributed by atoms with Gasteiger partial charge < -0.3 is 9.47 Å². The van der Waals surface area contributed by atoms with Crippen molar-refractivity contribution in [2.24, 2.45) is 0 Å². The molecule has 4 nitrogen and oxygen atoms in total. The van der Waals surface area contributed by atoms with Crippen LogP contribution in [0.2, 0.25) is 0 Å². The lowest BCUT2D eigenvalue weighted by Crippen LogP contribution is -2.12. The van der Waals surface area contributed by atoms with E-state index in [1.807, 2.05) is 30.5 Å². The van der Waals surface area contributed by atoms with Crippen LogP contribution < -0.4 is 4.74 Å². The summed E-state index contributed by atoms with van der Waals surface area (Å²) in [7, 11) is 0. The Hall–Kier alpha value is -1.53. The van der Waals surface area contributed by atoms with Gasteiger partial charge in [-0.3, -0.25) is 0 Å². The van der Waals surface area contributed by atoms with E-state index in [9.17, 15) is 4.79 Å². The van der Waals surface area contributed by atoms with Gasteiger partial charge in [-0.25, -0.2) is 9.78 Å². The summed E-state index contributed by atoms with van der Waals surface area (Å²) in [6.45, 7) is 0.481. The van der Waals surface area contributed by atoms with Crippen molar-refractivity contribution in [3.05, 3.63) is 52.6 Å². The molecule has 0 aliphatic carbocycles. The van der Waals surface area contributed by atoms with Crippen LogP contribution in [0.1, 0.15) is 10.4 Å². The Morgan fingerprint density at radius 1 is 1.24 bits per heavy atom. The van der Waals surface area contributed by atoms with Gasteiger partial charge in [0.15, 0.2) is 0 Å². The number of thioether (sulfide) groups is 1. The molecule has 0 saturated heterocycles. The molecule has 0 saturated carbocycles. The first-order valence-electron chi connectivity index (χ1n) is 6.25. The third-order valence-electron chi connectivity index (χ3n) is 2.59. The third kappa shape index (κ3) is 4.75. The van der Waals surface area contributed by atoms with Crippen LogP contribution in [0.5, 0.6) is 5.75 Å². The number of nitrogens with zero attached hydrogens (tertiary/aromatic N) is 1. The van der Waals surface area contributed by atoms with Crippen molar-refractivity contribution in [3.63, 3.8) is 0 Å². The highest BCUT2D eigenvalue weighted by Gasteiger charge is 2.08. The molecular weight excluding hydrogens is 354 g/mol. The van der Waals surface area contributed by atoms with E-state index in [0.29, 0.717) is 12.2 Å². The van der Waals surface area contributed by atoms with Crippen molar-refractivity contribution in [1.82, 2.24) is 4.98 Å². The van der Waals surface area contributed by atoms with Crippen LogP contribution >= 0.6 is 27.7 Å². The Bertz CT molecular complexity index is 604. The van der Waals surface area contributed by atoms with Crippen LogP contribution in [-0.4, -0.2) is 30.4 Å². The minimum absolute atomic E-state index is 0.185. The maximum atomic E-state index is 11.8. The van der Waals surface area contributed by atoms with Gasteiger partial charge in [0.1, 0.15) is 19.0 Å². The van der Waals surface area contributed by atoms with Crippen LogP contribution in [-0.2, 0) is 4.74 Å². The summed E-state index contributed by atoms with van der Waals surface area (Å²) in [6.07, 6.45) is 3.45. The fourth-order valence-electron chi connectivity index (χ4n) is 1.55. The summed E-state index contributed by atoms with van der Waals surface area (Å²) < 4.78 is 11.5. The van der Waals surface area contributed by atoms with E-state index in [0.717, 1.165) is 15.2 Å². The second kappa shape index (κ2) is 8.05. The van der Waals surface area contributed by atoms with E-state index >= 15 is 0 Å². The van der Waals surface area contributed by atoms with Gasteiger partial charge in [-0.15, -0.1) is 11.8 Å². The van der Waals surface area contributed by atoms with E-state index in [-0.39, 0.29) is 6.61 Å². The number of carbonyl (C=O) groups excluding carboxylic acids is 1. The summed E-state index contributed by atoms with van der Waals surface area (Å²) in [5.74, 6) is 0.324. The van der Waals surface area contributed by atoms with E-state index in [4.69, 9.17) is 9.47 Å². The predicted octanol–water partition coefficient (Wildman–Crippen LogP) is 3.80. The van der Waals surface area contributed by atoms with Crippen LogP contribution in [0.3, 0.4) is 0 Å². The van der Waals surface area contributed by atoms with E-state index in [1.54, 1.807) is 12.1 Å². The Kier molecular flexibility index (Phi) is 6.07. The summed E-state index contributed by atoms with van der Waals surface area (Å²) in [5.41, 5.74) is 0.439. The zero-order valence-corrected chi connectivity index (χ0v) is 13.8. The number of hydrogen-bond acceptors (Lipinski definition) is 5. The number of ether oxygens (including phenoxy) is 2. The second-order valence-electron chi connectivity index (χ2n) is 4.00. The standard InChI is InChI=1S/C15H14BrNO3S/c1-21-14-7-6-11(10-17-14)15(18)20-9-8-19-13-5-3-2-4-12(13)16/h2-7,10H,8-9H2,1H3. The predicted molar refractivity (Wildman–Crippen MR) is 85.9 cm³/mol. The van der Waals surface area contributed by atoms with E-state index < -0.39 is 5.97 Å². The van der Waals surface area contributed by atoms with Gasteiger partial charge in [-0.05, 0) is 46.5 Å². The lowest BCUT2D eigenvalue weighted by atomic mass is 10.3. The number of benzene rings is 1. The number of hydrogen-bond donors (Lipinski definition) is 0. The van der Waals surface area contributed by atoms with Crippen LogP contribution in [0, 0.1) is 0 Å². The molecule has 0 aliphatic heterocycles. The van der Waals surface area contributed by atoms with Gasteiger partial charge in [0.25, 0.3) is 0 Å². The first-order valence-corrected chi connectivity index (χ1v) is 8.27. The minimum Gasteiger partial charge on any atom is -0.489 e. The highest BCUT2D eigenvalue weighted by molar-refractivity contribution is 9.10. The van der Waals surface area contributed by atoms with Gasteiger partial charge in [0.2, 0.25) is 0 Å². The number of halogens is 1. The molecule has 2 rings (SSSR count). The fourth-order valence-corrected chi connectivity index (χ4v) is 2.31. The van der Waals surface area contributed by atoms with Crippen molar-refractivity contribution in [2.75, 3.05) is 19.5 Å². The highest BCUT2D eigenvalue weighted by Crippen LogP contribution is 2.23. The molecule has 0 radical (unpaired) electrons. The molecule has 0 fully saturated rings. The van der Waals surface area contributed by atoms with Crippen LogP contribution in [0.25, 0.3) is 0 Å². The Labute approximate surface area is 136 Å². The molecular formula is C15H14BrNO3S. The first-order chi connectivity index (χ1) is 10.2. The second-order valence-corrected chi connectivity index (χ2v) is 5.68. The average molecular weight is 368 g/mol. The third-order valence-corrected chi connectivity index (χ3v) is 3.91. The highest BCUT2D eigenvalue weighted by atomic mass is 79.9. The molecule has 1 aromatic carbocycles. The van der Waals surface area contributed by atoms with Gasteiger partial charge in [0, 0.05) is 6.20 Å². The zero-order chi connectivity index (χ0) is 15.1. The molecule has 0 amide bonds. The Balaban J connectivity index is 1.77. The monoisotopic (exact) mass is 367 g/mol. The lowest BCUT2D eigenvalue weighted by Gasteiger charge is -2.08. The molecule has 110 valence electrons. The average Bonchev–Trinajstić information content (AvgIpc) is 2.53. The fraction of sp³-hybridized carbons (Fsp3) is 0.200. The normalized spacial score (nSPS) is 10.2. The van der Waals surface area contributed by atoms with Gasteiger partial charge in [-0.2, -0.15) is 0 Å². The largest absolute Gasteiger partial charge is 0.489 e. The first kappa shape index (κ1) is 15.9. The minimum atomic E-state index is -0.397. The van der Waals surface area contributed by atoms with Crippen molar-refractivity contribution >= 4 is 33.7 Å². The molecule has 0 unspecified atom stereocenters. The molecule has 21 heavy (non-hydrogen) atoms. The molecule has 2 aromatic rings. The van der Waals surface area contributed by atoms with E-state index in [1.165, 1.54) is 18.0 Å². The smallest absolute Gasteiger partial charge is 0.339 e. The molecule has 0 N–H and O–H groups in total. The molecule has 0 bridgehead atoms. The maximum Gasteiger partial charge on any atom is 0.339 e. The topological polar surface area (TPSA) is 48.4 Å². The molecule has 6 heteroatoms. The van der Waals surface area contributed by atoms with E-state index in [2.05, 4.69) is 20.9 Å². The lowest BCUT2D eigenvalue weighted by molar-refractivity contribution is 0.0449. The molecule has 0 atom stereocenters. The van der Waals surface area contributed by atoms with Gasteiger partial charge >= 0.3 is 5.97 Å². The number of carbonyl (C=O) groups is 1. The van der Waals surface area contributed by atoms with Crippen molar-refractivity contribution < 1.29 is 14.3 Å². The number of para-hydroxylation sites is 1. The van der Waals surface area contributed by atoms with Crippen molar-refractivity contribution in [3.8, 4) is 5.75 Å². The number of aromatic nitrogens is 1. The molecule has 1 aromatic heterocycles. The summed E-state index contributed by atoms with van der Waals surface area (Å²) in [6, 6.07) is 11.0. The zero-order valence-electron chi connectivity index (χ0n) is 11.4. The molecule has 0 spiro atoms. The molecule has 0 aliphatic rings. The summed E-state index contributed by atoms with van der Waals surface area (Å²) >= 11 is 4.91. The van der Waals surface area contributed by atoms with Gasteiger partial charge in [0.05, 0.1) is 15.1 Å². The number of pyridine rings is 1. The van der Waals surface area contributed by atoms with Crippen LogP contribution in [0.15, 0.2) is 52.1 Å². The van der Waals surface area contributed by atoms with Crippen LogP contribution in [0.4, 0.5) is 0 Å². The Morgan fingerprint density at radius 3 is 2.71 bits per heavy atom. The SMILES string of the molecule is CSc1ccc(C(=O)OCCOc2ccccc2Br)cn1. The number of rotatable bonds is 6. The quantitative estimate of drug-likeness (QED) is 0.441. The summed E-state index contributed by atoms with van der Waals surface area (Å²) in [4.78, 5) is 15.9.